The van der Waals surface area contributed by atoms with Crippen LogP contribution in [0.3, 0.4) is 0 Å². The Morgan fingerprint density at radius 1 is 1.11 bits per heavy atom. The van der Waals surface area contributed by atoms with Crippen LogP contribution in [-0.4, -0.2) is 120 Å². The Bertz CT molecular complexity index is 1020. The minimum absolute atomic E-state index is 0.105. The van der Waals surface area contributed by atoms with Crippen LogP contribution < -0.4 is 4.74 Å². The Labute approximate surface area is 222 Å². The molecule has 0 N–H and O–H groups in total. The van der Waals surface area contributed by atoms with E-state index in [1.165, 1.54) is 11.4 Å². The van der Waals surface area contributed by atoms with Crippen LogP contribution in [0.5, 0.6) is 5.75 Å². The van der Waals surface area contributed by atoms with Crippen molar-refractivity contribution in [3.05, 3.63) is 23.3 Å². The maximum atomic E-state index is 13.2. The van der Waals surface area contributed by atoms with Crippen molar-refractivity contribution in [2.24, 2.45) is 5.92 Å². The topological polar surface area (TPSA) is 99.7 Å². The Kier molecular flexibility index (Phi) is 11.8. The van der Waals surface area contributed by atoms with Crippen molar-refractivity contribution in [3.8, 4) is 5.75 Å². The monoisotopic (exact) mass is 540 g/mol. The van der Waals surface area contributed by atoms with Crippen LogP contribution >= 0.6 is 0 Å². The maximum absolute atomic E-state index is 13.2. The average Bonchev–Trinajstić information content (AvgIpc) is 2.85. The number of amides is 2. The first kappa shape index (κ1) is 31.0. The van der Waals surface area contributed by atoms with E-state index in [0.29, 0.717) is 60.3 Å². The van der Waals surface area contributed by atoms with Crippen molar-refractivity contribution in [3.63, 3.8) is 0 Å². The molecule has 0 unspecified atom stereocenters. The zero-order valence-electron chi connectivity index (χ0n) is 23.4. The molecule has 0 bridgehead atoms. The molecule has 1 heterocycles. The number of carbonyl (C=O) groups is 2. The molecule has 1 fully saturated rings. The quantitative estimate of drug-likeness (QED) is 0.349. The number of hydrogen-bond donors (Lipinski definition) is 0. The van der Waals surface area contributed by atoms with Gasteiger partial charge < -0.3 is 24.2 Å². The highest BCUT2D eigenvalue weighted by atomic mass is 32.2. The molecule has 210 valence electrons. The second-order valence-corrected chi connectivity index (χ2v) is 12.0. The van der Waals surface area contributed by atoms with Crippen LogP contribution in [0.2, 0.25) is 0 Å². The summed E-state index contributed by atoms with van der Waals surface area (Å²) in [5.41, 5.74) is 1.34. The fraction of sp³-hybridized carbons (Fsp3) is 0.692. The van der Waals surface area contributed by atoms with E-state index in [4.69, 9.17) is 9.47 Å². The van der Waals surface area contributed by atoms with Crippen LogP contribution in [0, 0.1) is 12.8 Å². The number of likely N-dealkylation sites (N-methyl/N-ethyl adjacent to an activating group) is 3. The first-order valence-corrected chi connectivity index (χ1v) is 14.2. The summed E-state index contributed by atoms with van der Waals surface area (Å²) in [5.74, 6) is 0.969. The highest BCUT2D eigenvalue weighted by Crippen LogP contribution is 2.28. The molecule has 1 aromatic rings. The Hall–Kier alpha value is -2.21. The van der Waals surface area contributed by atoms with Gasteiger partial charge in [-0.25, -0.2) is 8.42 Å². The number of nitrogens with zero attached hydrogens (tertiary/aromatic N) is 4. The number of aryl methyl sites for hydroxylation is 2. The van der Waals surface area contributed by atoms with Crippen molar-refractivity contribution in [1.29, 1.82) is 0 Å². The molecule has 1 aliphatic heterocycles. The molecule has 1 aliphatic rings. The number of sulfonamides is 1. The zero-order valence-corrected chi connectivity index (χ0v) is 24.3. The summed E-state index contributed by atoms with van der Waals surface area (Å²) in [5, 5.41) is 0. The van der Waals surface area contributed by atoms with Gasteiger partial charge in [0.15, 0.2) is 0 Å². The van der Waals surface area contributed by atoms with E-state index in [2.05, 4.69) is 0 Å². The normalized spacial score (nSPS) is 14.9. The van der Waals surface area contributed by atoms with E-state index in [0.717, 1.165) is 12.8 Å². The number of methoxy groups -OCH3 is 1. The predicted octanol–water partition coefficient (Wildman–Crippen LogP) is 1.46. The standard InChI is InChI=1S/C26H44N4O6S/c1-8-22-16-23(35-7)15-20(2)26(22)37(33,34)29(6)13-14-36-19-25(32)28(5)17-21-9-11-30(12-10-21)24(31)18-27(3)4/h15-16,21H,8-14,17-19H2,1-7H3. The van der Waals surface area contributed by atoms with Gasteiger partial charge in [0.2, 0.25) is 21.8 Å². The summed E-state index contributed by atoms with van der Waals surface area (Å²) >= 11 is 0. The first-order valence-electron chi connectivity index (χ1n) is 12.8. The molecule has 0 saturated carbocycles. The van der Waals surface area contributed by atoms with Crippen LogP contribution in [0.15, 0.2) is 17.0 Å². The molecular formula is C26H44N4O6S. The summed E-state index contributed by atoms with van der Waals surface area (Å²) in [6.07, 6.45) is 2.29. The van der Waals surface area contributed by atoms with Crippen molar-refractivity contribution < 1.29 is 27.5 Å². The molecule has 37 heavy (non-hydrogen) atoms. The van der Waals surface area contributed by atoms with Crippen molar-refractivity contribution in [2.45, 2.75) is 38.0 Å². The molecule has 0 spiro atoms. The van der Waals surface area contributed by atoms with E-state index < -0.39 is 10.0 Å². The van der Waals surface area contributed by atoms with Gasteiger partial charge in [0.05, 0.1) is 25.2 Å². The second-order valence-electron chi connectivity index (χ2n) is 10.0. The number of piperidine rings is 1. The third kappa shape index (κ3) is 8.66. The average molecular weight is 541 g/mol. The molecule has 10 nitrogen and oxygen atoms in total. The smallest absolute Gasteiger partial charge is 0.248 e. The summed E-state index contributed by atoms with van der Waals surface area (Å²) < 4.78 is 38.6. The SMILES string of the molecule is CCc1cc(OC)cc(C)c1S(=O)(=O)N(C)CCOCC(=O)N(C)CC1CCN(C(=O)CN(C)C)CC1. The summed E-state index contributed by atoms with van der Waals surface area (Å²) in [7, 11) is 4.88. The Balaban J connectivity index is 1.79. The minimum atomic E-state index is -3.72. The van der Waals surface area contributed by atoms with Gasteiger partial charge in [-0.1, -0.05) is 6.92 Å². The van der Waals surface area contributed by atoms with Gasteiger partial charge in [-0.3, -0.25) is 9.59 Å². The summed E-state index contributed by atoms with van der Waals surface area (Å²) in [6.45, 7) is 6.26. The maximum Gasteiger partial charge on any atom is 0.248 e. The lowest BCUT2D eigenvalue weighted by atomic mass is 9.96. The molecule has 0 atom stereocenters. The number of ether oxygens (including phenoxy) is 2. The molecule has 0 radical (unpaired) electrons. The highest BCUT2D eigenvalue weighted by Gasteiger charge is 2.27. The first-order chi connectivity index (χ1) is 17.4. The third-order valence-electron chi connectivity index (χ3n) is 6.76. The molecular weight excluding hydrogens is 496 g/mol. The number of benzene rings is 1. The second kappa shape index (κ2) is 14.1. The lowest BCUT2D eigenvalue weighted by Gasteiger charge is -2.34. The van der Waals surface area contributed by atoms with Crippen molar-refractivity contribution in [1.82, 2.24) is 19.0 Å². The van der Waals surface area contributed by atoms with Crippen LogP contribution in [0.25, 0.3) is 0 Å². The Morgan fingerprint density at radius 2 is 1.76 bits per heavy atom. The van der Waals surface area contributed by atoms with Gasteiger partial charge in [-0.2, -0.15) is 4.31 Å². The van der Waals surface area contributed by atoms with Gasteiger partial charge in [0.25, 0.3) is 0 Å². The van der Waals surface area contributed by atoms with Crippen LogP contribution in [0.1, 0.15) is 30.9 Å². The molecule has 11 heteroatoms. The van der Waals surface area contributed by atoms with Crippen LogP contribution in [-0.2, 0) is 30.8 Å². The molecule has 2 amide bonds. The lowest BCUT2D eigenvalue weighted by Crippen LogP contribution is -2.45. The fourth-order valence-corrected chi connectivity index (χ4v) is 6.15. The van der Waals surface area contributed by atoms with E-state index in [9.17, 15) is 18.0 Å². The fourth-order valence-electron chi connectivity index (χ4n) is 4.52. The van der Waals surface area contributed by atoms with E-state index in [1.54, 1.807) is 38.1 Å². The third-order valence-corrected chi connectivity index (χ3v) is 8.87. The molecule has 0 aromatic heterocycles. The summed E-state index contributed by atoms with van der Waals surface area (Å²) in [6, 6.07) is 3.47. The minimum Gasteiger partial charge on any atom is -0.497 e. The number of carbonyl (C=O) groups excluding carboxylic acids is 2. The molecule has 1 saturated heterocycles. The predicted molar refractivity (Wildman–Crippen MR) is 143 cm³/mol. The Morgan fingerprint density at radius 3 is 2.32 bits per heavy atom. The summed E-state index contributed by atoms with van der Waals surface area (Å²) in [4.78, 5) is 30.5. The van der Waals surface area contributed by atoms with Crippen molar-refractivity contribution in [2.75, 3.05) is 81.2 Å². The van der Waals surface area contributed by atoms with Gasteiger partial charge in [-0.05, 0) is 69.5 Å². The number of hydrogen-bond acceptors (Lipinski definition) is 7. The van der Waals surface area contributed by atoms with E-state index >= 15 is 0 Å². The molecule has 1 aromatic carbocycles. The van der Waals surface area contributed by atoms with Gasteiger partial charge in [0.1, 0.15) is 12.4 Å². The number of rotatable bonds is 13. The molecule has 0 aliphatic carbocycles. The lowest BCUT2D eigenvalue weighted by molar-refractivity contribution is -0.137. The van der Waals surface area contributed by atoms with Gasteiger partial charge in [-0.15, -0.1) is 0 Å². The van der Waals surface area contributed by atoms with Crippen LogP contribution in [0.4, 0.5) is 0 Å². The van der Waals surface area contributed by atoms with Crippen molar-refractivity contribution >= 4 is 21.8 Å². The van der Waals surface area contributed by atoms with E-state index in [1.807, 2.05) is 30.8 Å². The number of likely N-dealkylation sites (tertiary alicyclic amines) is 1. The van der Waals surface area contributed by atoms with E-state index in [-0.39, 0.29) is 31.6 Å². The van der Waals surface area contributed by atoms with Gasteiger partial charge >= 0.3 is 0 Å². The highest BCUT2D eigenvalue weighted by molar-refractivity contribution is 7.89. The molecule has 2 rings (SSSR count). The van der Waals surface area contributed by atoms with Gasteiger partial charge in [0, 0.05) is 40.3 Å². The zero-order chi connectivity index (χ0) is 27.8. The largest absolute Gasteiger partial charge is 0.497 e.